The highest BCUT2D eigenvalue weighted by atomic mass is 16.5. The van der Waals surface area contributed by atoms with Crippen molar-refractivity contribution in [2.75, 3.05) is 7.11 Å². The normalized spacial score (nSPS) is 10.9. The molecule has 0 saturated heterocycles. The van der Waals surface area contributed by atoms with Crippen molar-refractivity contribution in [1.82, 2.24) is 0 Å². The lowest BCUT2D eigenvalue weighted by Crippen LogP contribution is -2.05. The summed E-state index contributed by atoms with van der Waals surface area (Å²) >= 11 is 0. The van der Waals surface area contributed by atoms with Gasteiger partial charge in [-0.15, -0.1) is 0 Å². The number of esters is 1. The first-order valence-electron chi connectivity index (χ1n) is 9.05. The van der Waals surface area contributed by atoms with Crippen LogP contribution in [0.15, 0.2) is 60.7 Å². The molecular weight excluding hydrogens is 368 g/mol. The van der Waals surface area contributed by atoms with E-state index in [1.807, 2.05) is 48.5 Å². The summed E-state index contributed by atoms with van der Waals surface area (Å²) in [6.07, 6.45) is 0.735. The number of phenolic OH excluding ortho intramolecular Hbond substituents is 2. The van der Waals surface area contributed by atoms with Crippen molar-refractivity contribution in [1.29, 1.82) is 0 Å². The number of phenols is 2. The Balaban J connectivity index is 2.02. The van der Waals surface area contributed by atoms with Crippen LogP contribution in [0.4, 0.5) is 0 Å². The van der Waals surface area contributed by atoms with Gasteiger partial charge in [0.25, 0.3) is 0 Å². The molecule has 0 heterocycles. The number of fused-ring (bicyclic) bond motifs is 2. The minimum Gasteiger partial charge on any atom is -0.507 e. The van der Waals surface area contributed by atoms with Crippen molar-refractivity contribution < 1.29 is 24.5 Å². The van der Waals surface area contributed by atoms with E-state index in [9.17, 15) is 19.8 Å². The standard InChI is InChI=1S/C24H18O5/c1-29-24(28)21-11-15-7-3-5-9-18(15)20(23(21)27)12-19-17-8-4-2-6-14(17)10-16(13-25)22(19)26/h2-11,13,26-27H,12H2,1H3. The highest BCUT2D eigenvalue weighted by Gasteiger charge is 2.21. The lowest BCUT2D eigenvalue weighted by molar-refractivity contribution is 0.0597. The van der Waals surface area contributed by atoms with Crippen LogP contribution in [0.1, 0.15) is 31.8 Å². The first kappa shape index (κ1) is 18.5. The molecule has 0 aromatic heterocycles. The van der Waals surface area contributed by atoms with Crippen molar-refractivity contribution in [3.8, 4) is 11.5 Å². The van der Waals surface area contributed by atoms with Gasteiger partial charge in [-0.2, -0.15) is 0 Å². The van der Waals surface area contributed by atoms with Gasteiger partial charge in [-0.3, -0.25) is 4.79 Å². The minimum absolute atomic E-state index is 0.0523. The summed E-state index contributed by atoms with van der Waals surface area (Å²) in [5.74, 6) is -0.980. The Bertz CT molecular complexity index is 1270. The summed E-state index contributed by atoms with van der Waals surface area (Å²) < 4.78 is 4.81. The molecule has 5 heteroatoms. The number of aromatic hydroxyl groups is 2. The van der Waals surface area contributed by atoms with Gasteiger partial charge in [-0.25, -0.2) is 4.79 Å². The molecule has 4 aromatic carbocycles. The fourth-order valence-electron chi connectivity index (χ4n) is 3.74. The van der Waals surface area contributed by atoms with E-state index in [4.69, 9.17) is 4.74 Å². The predicted octanol–water partition coefficient (Wildman–Crippen LogP) is 4.59. The quantitative estimate of drug-likeness (QED) is 0.396. The monoisotopic (exact) mass is 386 g/mol. The first-order chi connectivity index (χ1) is 14.0. The zero-order valence-electron chi connectivity index (χ0n) is 15.7. The average Bonchev–Trinajstić information content (AvgIpc) is 2.76. The summed E-state index contributed by atoms with van der Waals surface area (Å²) in [5, 5.41) is 24.7. The Labute approximate surface area is 166 Å². The Hall–Kier alpha value is -3.86. The third-order valence-corrected chi connectivity index (χ3v) is 5.17. The third-order valence-electron chi connectivity index (χ3n) is 5.17. The van der Waals surface area contributed by atoms with E-state index in [1.165, 1.54) is 7.11 Å². The van der Waals surface area contributed by atoms with Crippen molar-refractivity contribution in [2.45, 2.75) is 6.42 Å². The summed E-state index contributed by atoms with van der Waals surface area (Å²) in [7, 11) is 1.25. The minimum atomic E-state index is -0.648. The lowest BCUT2D eigenvalue weighted by atomic mass is 9.90. The highest BCUT2D eigenvalue weighted by Crippen LogP contribution is 2.38. The van der Waals surface area contributed by atoms with Crippen molar-refractivity contribution in [2.24, 2.45) is 0 Å². The number of carbonyl (C=O) groups excluding carboxylic acids is 2. The fraction of sp³-hybridized carbons (Fsp3) is 0.0833. The van der Waals surface area contributed by atoms with Crippen LogP contribution >= 0.6 is 0 Å². The van der Waals surface area contributed by atoms with E-state index in [0.717, 1.165) is 21.5 Å². The average molecular weight is 386 g/mol. The molecule has 0 bridgehead atoms. The summed E-state index contributed by atoms with van der Waals surface area (Å²) in [6, 6.07) is 18.0. The number of carbonyl (C=O) groups is 2. The molecule has 0 saturated carbocycles. The molecule has 0 aliphatic rings. The Kier molecular flexibility index (Phi) is 4.64. The number of hydrogen-bond donors (Lipinski definition) is 2. The zero-order valence-corrected chi connectivity index (χ0v) is 15.7. The van der Waals surface area contributed by atoms with Crippen LogP contribution in [0.3, 0.4) is 0 Å². The number of benzene rings is 4. The van der Waals surface area contributed by atoms with E-state index >= 15 is 0 Å². The van der Waals surface area contributed by atoms with E-state index in [0.29, 0.717) is 17.4 Å². The molecule has 0 spiro atoms. The molecule has 4 rings (SSSR count). The molecule has 29 heavy (non-hydrogen) atoms. The second-order valence-corrected chi connectivity index (χ2v) is 6.77. The number of rotatable bonds is 4. The number of ether oxygens (including phenoxy) is 1. The first-order valence-corrected chi connectivity index (χ1v) is 9.05. The van der Waals surface area contributed by atoms with E-state index in [-0.39, 0.29) is 29.0 Å². The van der Waals surface area contributed by atoms with Gasteiger partial charge < -0.3 is 14.9 Å². The van der Waals surface area contributed by atoms with Gasteiger partial charge in [0.2, 0.25) is 0 Å². The lowest BCUT2D eigenvalue weighted by Gasteiger charge is -2.16. The highest BCUT2D eigenvalue weighted by molar-refractivity contribution is 6.01. The molecular formula is C24H18O5. The van der Waals surface area contributed by atoms with Gasteiger partial charge in [-0.1, -0.05) is 48.5 Å². The molecule has 0 unspecified atom stereocenters. The van der Waals surface area contributed by atoms with Crippen molar-refractivity contribution in [3.63, 3.8) is 0 Å². The molecule has 0 atom stereocenters. The molecule has 0 fully saturated rings. The molecule has 0 aliphatic heterocycles. The van der Waals surface area contributed by atoms with Gasteiger partial charge in [0.1, 0.15) is 17.1 Å². The summed E-state index contributed by atoms with van der Waals surface area (Å²) in [6.45, 7) is 0. The van der Waals surface area contributed by atoms with E-state index < -0.39 is 5.97 Å². The molecule has 0 aliphatic carbocycles. The van der Waals surface area contributed by atoms with Gasteiger partial charge in [0.15, 0.2) is 6.29 Å². The molecule has 144 valence electrons. The smallest absolute Gasteiger partial charge is 0.341 e. The van der Waals surface area contributed by atoms with E-state index in [2.05, 4.69) is 0 Å². The van der Waals surface area contributed by atoms with Crippen LogP contribution in [-0.2, 0) is 11.2 Å². The number of methoxy groups -OCH3 is 1. The Morgan fingerprint density at radius 3 is 2.03 bits per heavy atom. The van der Waals surface area contributed by atoms with E-state index in [1.54, 1.807) is 12.1 Å². The van der Waals surface area contributed by atoms with Gasteiger partial charge in [0, 0.05) is 17.5 Å². The van der Waals surface area contributed by atoms with Crippen LogP contribution < -0.4 is 0 Å². The maximum absolute atomic E-state index is 12.2. The van der Waals surface area contributed by atoms with Crippen LogP contribution in [0.25, 0.3) is 21.5 Å². The maximum Gasteiger partial charge on any atom is 0.341 e. The van der Waals surface area contributed by atoms with Crippen LogP contribution in [0, 0.1) is 0 Å². The van der Waals surface area contributed by atoms with Crippen LogP contribution in [0.2, 0.25) is 0 Å². The molecule has 2 N–H and O–H groups in total. The molecule has 4 aromatic rings. The molecule has 0 radical (unpaired) electrons. The van der Waals surface area contributed by atoms with Gasteiger partial charge in [0.05, 0.1) is 12.7 Å². The second kappa shape index (κ2) is 7.28. The second-order valence-electron chi connectivity index (χ2n) is 6.77. The topological polar surface area (TPSA) is 83.8 Å². The molecule has 0 amide bonds. The zero-order chi connectivity index (χ0) is 20.5. The van der Waals surface area contributed by atoms with Gasteiger partial charge in [-0.05, 0) is 33.7 Å². The number of hydrogen-bond acceptors (Lipinski definition) is 5. The fourth-order valence-corrected chi connectivity index (χ4v) is 3.74. The SMILES string of the molecule is COC(=O)c1cc2ccccc2c(Cc2c(O)c(C=O)cc3ccccc23)c1O. The van der Waals surface area contributed by atoms with Crippen LogP contribution in [-0.4, -0.2) is 29.6 Å². The Morgan fingerprint density at radius 1 is 0.897 bits per heavy atom. The summed E-state index contributed by atoms with van der Waals surface area (Å²) in [5.41, 5.74) is 1.21. The maximum atomic E-state index is 12.2. The number of aldehydes is 1. The molecule has 5 nitrogen and oxygen atoms in total. The van der Waals surface area contributed by atoms with Crippen molar-refractivity contribution in [3.05, 3.63) is 82.9 Å². The van der Waals surface area contributed by atoms with Crippen LogP contribution in [0.5, 0.6) is 11.5 Å². The predicted molar refractivity (Wildman–Crippen MR) is 111 cm³/mol. The Morgan fingerprint density at radius 2 is 1.45 bits per heavy atom. The summed E-state index contributed by atoms with van der Waals surface area (Å²) in [4.78, 5) is 23.7. The largest absolute Gasteiger partial charge is 0.507 e. The third kappa shape index (κ3) is 3.06. The van der Waals surface area contributed by atoms with Crippen molar-refractivity contribution >= 4 is 33.8 Å². The van der Waals surface area contributed by atoms with Gasteiger partial charge >= 0.3 is 5.97 Å².